The molecule has 7 heteroatoms. The molecule has 0 bridgehead atoms. The molecule has 0 heterocycles. The van der Waals surface area contributed by atoms with Crippen LogP contribution in [-0.2, 0) is 9.47 Å². The van der Waals surface area contributed by atoms with Crippen molar-refractivity contribution in [3.63, 3.8) is 0 Å². The second kappa shape index (κ2) is 8.09. The van der Waals surface area contributed by atoms with Crippen LogP contribution < -0.4 is 0 Å². The summed E-state index contributed by atoms with van der Waals surface area (Å²) >= 11 is 0. The van der Waals surface area contributed by atoms with Crippen LogP contribution in [0.25, 0.3) is 0 Å². The zero-order chi connectivity index (χ0) is 13.2. The fraction of sp³-hybridized carbons (Fsp3) is 0.556. The standard InChI is InChI=1S/C6H7F5O2.C3H6/c1-2-12-3-4-13-6(10,11)5(7,8)9;1-3-2/h2H,1,3-4H2;3H,1H2,2H3. The molecule has 0 rings (SSSR count). The summed E-state index contributed by atoms with van der Waals surface area (Å²) in [4.78, 5) is 0. The Labute approximate surface area is 90.3 Å². The number of hydrogen-bond donors (Lipinski definition) is 0. The first-order valence-corrected chi connectivity index (χ1v) is 4.11. The van der Waals surface area contributed by atoms with Gasteiger partial charge in [0, 0.05) is 0 Å². The van der Waals surface area contributed by atoms with Gasteiger partial charge in [0.05, 0.1) is 12.9 Å². The van der Waals surface area contributed by atoms with Gasteiger partial charge in [-0.15, -0.1) is 6.58 Å². The minimum atomic E-state index is -5.69. The number of hydrogen-bond acceptors (Lipinski definition) is 2. The Hall–Kier alpha value is -1.11. The van der Waals surface area contributed by atoms with Crippen molar-refractivity contribution in [1.82, 2.24) is 0 Å². The first kappa shape index (κ1) is 17.3. The molecule has 0 aliphatic carbocycles. The van der Waals surface area contributed by atoms with Gasteiger partial charge in [0.15, 0.2) is 0 Å². The topological polar surface area (TPSA) is 18.5 Å². The first-order chi connectivity index (χ1) is 7.22. The highest BCUT2D eigenvalue weighted by Gasteiger charge is 2.59. The molecule has 0 fully saturated rings. The normalized spacial score (nSPS) is 11.1. The van der Waals surface area contributed by atoms with Gasteiger partial charge < -0.3 is 9.47 Å². The maximum atomic E-state index is 11.9. The Morgan fingerprint density at radius 3 is 1.81 bits per heavy atom. The van der Waals surface area contributed by atoms with Crippen molar-refractivity contribution in [3.8, 4) is 0 Å². The van der Waals surface area contributed by atoms with E-state index in [9.17, 15) is 22.0 Å². The molecule has 0 aromatic rings. The Kier molecular flexibility index (Phi) is 8.74. The summed E-state index contributed by atoms with van der Waals surface area (Å²) in [6.07, 6.45) is -8.16. The van der Waals surface area contributed by atoms with E-state index in [1.165, 1.54) is 0 Å². The van der Waals surface area contributed by atoms with E-state index < -0.39 is 25.5 Å². The van der Waals surface area contributed by atoms with Crippen molar-refractivity contribution >= 4 is 0 Å². The van der Waals surface area contributed by atoms with Crippen molar-refractivity contribution in [2.45, 2.75) is 19.2 Å². The maximum absolute atomic E-state index is 11.9. The molecule has 0 N–H and O–H groups in total. The molecule has 96 valence electrons. The molecule has 0 saturated carbocycles. The highest BCUT2D eigenvalue weighted by Crippen LogP contribution is 2.35. The lowest BCUT2D eigenvalue weighted by Crippen LogP contribution is -2.39. The van der Waals surface area contributed by atoms with Gasteiger partial charge in [-0.2, -0.15) is 22.0 Å². The smallest absolute Gasteiger partial charge is 0.482 e. The Balaban J connectivity index is 0. The van der Waals surface area contributed by atoms with Crippen molar-refractivity contribution in [2.24, 2.45) is 0 Å². The fourth-order valence-electron chi connectivity index (χ4n) is 0.383. The third-order valence-electron chi connectivity index (χ3n) is 0.932. The van der Waals surface area contributed by atoms with Gasteiger partial charge in [-0.05, 0) is 6.92 Å². The molecule has 16 heavy (non-hydrogen) atoms. The summed E-state index contributed by atoms with van der Waals surface area (Å²) in [5.74, 6) is 0. The lowest BCUT2D eigenvalue weighted by molar-refractivity contribution is -0.391. The summed E-state index contributed by atoms with van der Waals surface area (Å²) in [6, 6.07) is 0. The molecule has 0 aromatic carbocycles. The fourth-order valence-corrected chi connectivity index (χ4v) is 0.383. The summed E-state index contributed by atoms with van der Waals surface area (Å²) in [7, 11) is 0. The van der Waals surface area contributed by atoms with E-state index in [2.05, 4.69) is 22.6 Å². The largest absolute Gasteiger partial charge is 0.499 e. The Bertz CT molecular complexity index is 201. The number of rotatable bonds is 5. The van der Waals surface area contributed by atoms with Crippen molar-refractivity contribution in [2.75, 3.05) is 13.2 Å². The zero-order valence-electron chi connectivity index (χ0n) is 8.69. The zero-order valence-corrected chi connectivity index (χ0v) is 8.69. The molecule has 0 amide bonds. The molecule has 0 spiro atoms. The molecule has 0 aliphatic heterocycles. The number of allylic oxidation sites excluding steroid dienone is 1. The summed E-state index contributed by atoms with van der Waals surface area (Å²) in [5, 5.41) is 0. The minimum absolute atomic E-state index is 0.408. The molecule has 0 atom stereocenters. The van der Waals surface area contributed by atoms with Crippen LogP contribution in [0.5, 0.6) is 0 Å². The lowest BCUT2D eigenvalue weighted by atomic mass is 10.6. The summed E-state index contributed by atoms with van der Waals surface area (Å²) < 4.78 is 65.6. The first-order valence-electron chi connectivity index (χ1n) is 4.11. The second-order valence-corrected chi connectivity index (χ2v) is 2.31. The van der Waals surface area contributed by atoms with Crippen molar-refractivity contribution in [1.29, 1.82) is 0 Å². The van der Waals surface area contributed by atoms with Gasteiger partial charge in [-0.1, -0.05) is 12.7 Å². The molecule has 0 saturated heterocycles. The van der Waals surface area contributed by atoms with Crippen LogP contribution in [0.2, 0.25) is 0 Å². The van der Waals surface area contributed by atoms with Crippen molar-refractivity contribution in [3.05, 3.63) is 25.5 Å². The monoisotopic (exact) mass is 248 g/mol. The van der Waals surface area contributed by atoms with Crippen molar-refractivity contribution < 1.29 is 31.4 Å². The van der Waals surface area contributed by atoms with Crippen LogP contribution >= 0.6 is 0 Å². The predicted octanol–water partition coefficient (Wildman–Crippen LogP) is 3.51. The van der Waals surface area contributed by atoms with Crippen LogP contribution in [0.3, 0.4) is 0 Å². The van der Waals surface area contributed by atoms with E-state index in [1.807, 2.05) is 6.92 Å². The summed E-state index contributed by atoms with van der Waals surface area (Å²) in [6.45, 7) is 7.04. The average molecular weight is 248 g/mol. The SMILES string of the molecule is C=CC.C=COCCOC(F)(F)C(F)(F)F. The lowest BCUT2D eigenvalue weighted by Gasteiger charge is -2.18. The predicted molar refractivity (Wildman–Crippen MR) is 49.0 cm³/mol. The van der Waals surface area contributed by atoms with Gasteiger partial charge in [0.1, 0.15) is 6.61 Å². The molecule has 0 aliphatic rings. The van der Waals surface area contributed by atoms with E-state index in [-0.39, 0.29) is 0 Å². The highest BCUT2D eigenvalue weighted by molar-refractivity contribution is 4.63. The number of alkyl halides is 5. The number of ether oxygens (including phenoxy) is 2. The number of halogens is 5. The van der Waals surface area contributed by atoms with E-state index in [0.29, 0.717) is 0 Å². The van der Waals surface area contributed by atoms with Gasteiger partial charge in [-0.3, -0.25) is 0 Å². The Morgan fingerprint density at radius 1 is 1.06 bits per heavy atom. The quantitative estimate of drug-likeness (QED) is 0.321. The van der Waals surface area contributed by atoms with E-state index >= 15 is 0 Å². The molecular weight excluding hydrogens is 235 g/mol. The van der Waals surface area contributed by atoms with Gasteiger partial charge in [0.25, 0.3) is 0 Å². The molecular formula is C9H13F5O2. The third kappa shape index (κ3) is 8.22. The van der Waals surface area contributed by atoms with Crippen LogP contribution in [-0.4, -0.2) is 25.5 Å². The summed E-state index contributed by atoms with van der Waals surface area (Å²) in [5.41, 5.74) is 0. The maximum Gasteiger partial charge on any atom is 0.482 e. The van der Waals surface area contributed by atoms with Crippen LogP contribution in [0.15, 0.2) is 25.5 Å². The van der Waals surface area contributed by atoms with E-state index in [0.717, 1.165) is 6.26 Å². The third-order valence-corrected chi connectivity index (χ3v) is 0.932. The van der Waals surface area contributed by atoms with E-state index in [1.54, 1.807) is 6.08 Å². The highest BCUT2D eigenvalue weighted by atomic mass is 19.4. The molecule has 0 radical (unpaired) electrons. The van der Waals surface area contributed by atoms with Crippen LogP contribution in [0.1, 0.15) is 6.92 Å². The molecule has 2 nitrogen and oxygen atoms in total. The Morgan fingerprint density at radius 2 is 1.50 bits per heavy atom. The van der Waals surface area contributed by atoms with Gasteiger partial charge in [-0.25, -0.2) is 0 Å². The van der Waals surface area contributed by atoms with Crippen LogP contribution in [0, 0.1) is 0 Å². The van der Waals surface area contributed by atoms with E-state index in [4.69, 9.17) is 0 Å². The molecule has 0 unspecified atom stereocenters. The second-order valence-electron chi connectivity index (χ2n) is 2.31. The average Bonchev–Trinajstić information content (AvgIpc) is 2.12. The van der Waals surface area contributed by atoms with Gasteiger partial charge in [0.2, 0.25) is 0 Å². The molecule has 0 aromatic heterocycles. The van der Waals surface area contributed by atoms with Crippen LogP contribution in [0.4, 0.5) is 22.0 Å². The van der Waals surface area contributed by atoms with Gasteiger partial charge >= 0.3 is 12.3 Å². The minimum Gasteiger partial charge on any atom is -0.499 e.